The third kappa shape index (κ3) is 2.12. The van der Waals surface area contributed by atoms with Crippen molar-refractivity contribution < 1.29 is 13.2 Å². The lowest BCUT2D eigenvalue weighted by Gasteiger charge is -2.10. The lowest BCUT2D eigenvalue weighted by atomic mass is 10.2. The molecule has 1 aromatic heterocycles. The van der Waals surface area contributed by atoms with Crippen LogP contribution in [0.5, 0.6) is 0 Å². The molecular weight excluding hydrogens is 203 g/mol. The van der Waals surface area contributed by atoms with E-state index in [1.54, 1.807) is 0 Å². The third-order valence-electron chi connectivity index (χ3n) is 1.61. The van der Waals surface area contributed by atoms with Gasteiger partial charge in [-0.05, 0) is 25.5 Å². The first-order valence-corrected chi connectivity index (χ1v) is 3.91. The van der Waals surface area contributed by atoms with Gasteiger partial charge in [0.25, 0.3) is 0 Å². The normalized spacial score (nSPS) is 11.8. The lowest BCUT2D eigenvalue weighted by Crippen LogP contribution is -2.11. The van der Waals surface area contributed by atoms with Crippen LogP contribution in [0.25, 0.3) is 0 Å². The Morgan fingerprint density at radius 3 is 2.31 bits per heavy atom. The Bertz CT molecular complexity index is 333. The van der Waals surface area contributed by atoms with Gasteiger partial charge in [-0.1, -0.05) is 11.6 Å². The minimum atomic E-state index is -4.40. The van der Waals surface area contributed by atoms with E-state index in [4.69, 9.17) is 11.6 Å². The molecule has 0 radical (unpaired) electrons. The number of rotatable bonds is 0. The van der Waals surface area contributed by atoms with Crippen LogP contribution < -0.4 is 0 Å². The molecule has 0 aromatic carbocycles. The van der Waals surface area contributed by atoms with Crippen LogP contribution in [0.4, 0.5) is 13.2 Å². The molecule has 1 heterocycles. The van der Waals surface area contributed by atoms with Gasteiger partial charge in [0.15, 0.2) is 0 Å². The maximum absolute atomic E-state index is 12.3. The molecule has 1 rings (SSSR count). The van der Waals surface area contributed by atoms with E-state index >= 15 is 0 Å². The van der Waals surface area contributed by atoms with E-state index in [2.05, 4.69) is 4.98 Å². The maximum atomic E-state index is 12.3. The highest BCUT2D eigenvalue weighted by atomic mass is 35.5. The van der Waals surface area contributed by atoms with Crippen molar-refractivity contribution in [2.45, 2.75) is 20.0 Å². The summed E-state index contributed by atoms with van der Waals surface area (Å²) in [4.78, 5) is 3.39. The quantitative estimate of drug-likeness (QED) is 0.638. The molecular formula is C8H7ClF3N. The Hall–Kier alpha value is -0.770. The number of hydrogen-bond donors (Lipinski definition) is 0. The van der Waals surface area contributed by atoms with Crippen LogP contribution in [-0.4, -0.2) is 4.98 Å². The van der Waals surface area contributed by atoms with Gasteiger partial charge in [-0.2, -0.15) is 13.2 Å². The van der Waals surface area contributed by atoms with Crippen LogP contribution in [0.1, 0.15) is 17.0 Å². The first kappa shape index (κ1) is 10.3. The van der Waals surface area contributed by atoms with Crippen LogP contribution in [0.3, 0.4) is 0 Å². The fourth-order valence-electron chi connectivity index (χ4n) is 0.959. The second-order valence-corrected chi connectivity index (χ2v) is 3.13. The molecule has 0 atom stereocenters. The Balaban J connectivity index is 3.32. The zero-order chi connectivity index (χ0) is 10.2. The Kier molecular flexibility index (Phi) is 2.52. The van der Waals surface area contributed by atoms with Gasteiger partial charge in [-0.25, -0.2) is 4.98 Å². The summed E-state index contributed by atoms with van der Waals surface area (Å²) in [6.45, 7) is 2.78. The molecule has 0 aliphatic carbocycles. The topological polar surface area (TPSA) is 12.9 Å². The number of nitrogens with zero attached hydrogens (tertiary/aromatic N) is 1. The number of alkyl halides is 3. The second-order valence-electron chi connectivity index (χ2n) is 2.72. The second kappa shape index (κ2) is 3.18. The van der Waals surface area contributed by atoms with E-state index in [1.165, 1.54) is 19.9 Å². The Morgan fingerprint density at radius 1 is 1.31 bits per heavy atom. The number of aromatic nitrogens is 1. The summed E-state index contributed by atoms with van der Waals surface area (Å²) in [6.07, 6.45) is -4.40. The van der Waals surface area contributed by atoms with Gasteiger partial charge in [0.1, 0.15) is 5.69 Å². The van der Waals surface area contributed by atoms with Crippen molar-refractivity contribution in [3.63, 3.8) is 0 Å². The molecule has 5 heteroatoms. The molecule has 0 N–H and O–H groups in total. The van der Waals surface area contributed by atoms with Crippen molar-refractivity contribution in [3.05, 3.63) is 28.0 Å². The predicted molar refractivity (Wildman–Crippen MR) is 43.7 cm³/mol. The third-order valence-corrected chi connectivity index (χ3v) is 1.99. The molecule has 0 unspecified atom stereocenters. The van der Waals surface area contributed by atoms with E-state index < -0.39 is 11.9 Å². The minimum Gasteiger partial charge on any atom is -0.247 e. The van der Waals surface area contributed by atoms with Crippen LogP contribution in [0.2, 0.25) is 5.02 Å². The zero-order valence-corrected chi connectivity index (χ0v) is 7.79. The summed E-state index contributed by atoms with van der Waals surface area (Å²) in [5.74, 6) is 0. The zero-order valence-electron chi connectivity index (χ0n) is 7.04. The van der Waals surface area contributed by atoms with Gasteiger partial charge in [-0.15, -0.1) is 0 Å². The molecule has 0 saturated carbocycles. The first-order chi connectivity index (χ1) is 5.82. The van der Waals surface area contributed by atoms with Gasteiger partial charge in [0, 0.05) is 0 Å². The highest BCUT2D eigenvalue weighted by Gasteiger charge is 2.34. The summed E-state index contributed by atoms with van der Waals surface area (Å²) >= 11 is 5.61. The molecule has 0 fully saturated rings. The number of aryl methyl sites for hydroxylation is 2. The maximum Gasteiger partial charge on any atom is 0.433 e. The number of pyridine rings is 1. The predicted octanol–water partition coefficient (Wildman–Crippen LogP) is 3.37. The van der Waals surface area contributed by atoms with Gasteiger partial charge in [-0.3, -0.25) is 0 Å². The summed E-state index contributed by atoms with van der Waals surface area (Å²) in [5, 5.41) is 0.255. The van der Waals surface area contributed by atoms with Gasteiger partial charge in [0.2, 0.25) is 0 Å². The fraction of sp³-hybridized carbons (Fsp3) is 0.375. The number of hydrogen-bond acceptors (Lipinski definition) is 1. The van der Waals surface area contributed by atoms with E-state index in [-0.39, 0.29) is 16.3 Å². The van der Waals surface area contributed by atoms with Gasteiger partial charge >= 0.3 is 6.18 Å². The summed E-state index contributed by atoms with van der Waals surface area (Å²) < 4.78 is 36.8. The monoisotopic (exact) mass is 209 g/mol. The van der Waals surface area contributed by atoms with Crippen molar-refractivity contribution >= 4 is 11.6 Å². The van der Waals surface area contributed by atoms with Crippen LogP contribution in [-0.2, 0) is 6.18 Å². The van der Waals surface area contributed by atoms with Crippen molar-refractivity contribution in [2.75, 3.05) is 0 Å². The van der Waals surface area contributed by atoms with Crippen LogP contribution in [0, 0.1) is 13.8 Å². The Morgan fingerprint density at radius 2 is 1.85 bits per heavy atom. The van der Waals surface area contributed by atoms with E-state index in [1.807, 2.05) is 0 Å². The minimum absolute atomic E-state index is 0.0445. The van der Waals surface area contributed by atoms with Crippen molar-refractivity contribution in [1.82, 2.24) is 4.98 Å². The van der Waals surface area contributed by atoms with E-state index in [0.29, 0.717) is 0 Å². The van der Waals surface area contributed by atoms with Crippen molar-refractivity contribution in [2.24, 2.45) is 0 Å². The molecule has 0 aliphatic heterocycles. The van der Waals surface area contributed by atoms with Crippen molar-refractivity contribution in [1.29, 1.82) is 0 Å². The SMILES string of the molecule is Cc1cc(Cl)c(C)nc1C(F)(F)F. The van der Waals surface area contributed by atoms with Crippen LogP contribution in [0.15, 0.2) is 6.07 Å². The lowest BCUT2D eigenvalue weighted by molar-refractivity contribution is -0.141. The summed E-state index contributed by atoms with van der Waals surface area (Å²) in [7, 11) is 0. The molecule has 1 nitrogen and oxygen atoms in total. The molecule has 0 amide bonds. The Labute approximate surface area is 78.5 Å². The smallest absolute Gasteiger partial charge is 0.247 e. The molecule has 0 aliphatic rings. The average molecular weight is 210 g/mol. The van der Waals surface area contributed by atoms with Gasteiger partial charge < -0.3 is 0 Å². The molecule has 0 saturated heterocycles. The summed E-state index contributed by atoms with van der Waals surface area (Å²) in [6, 6.07) is 1.27. The summed E-state index contributed by atoms with van der Waals surface area (Å²) in [5.41, 5.74) is -0.628. The highest BCUT2D eigenvalue weighted by Crippen LogP contribution is 2.31. The molecule has 13 heavy (non-hydrogen) atoms. The molecule has 0 bridgehead atoms. The average Bonchev–Trinajstić information content (AvgIpc) is 1.94. The fourth-order valence-corrected chi connectivity index (χ4v) is 1.17. The standard InChI is InChI=1S/C8H7ClF3N/c1-4-3-6(9)5(2)13-7(4)8(10,11)12/h3H,1-2H3. The van der Waals surface area contributed by atoms with E-state index in [0.717, 1.165) is 0 Å². The first-order valence-electron chi connectivity index (χ1n) is 3.53. The molecule has 1 aromatic rings. The molecule has 0 spiro atoms. The van der Waals surface area contributed by atoms with Crippen molar-refractivity contribution in [3.8, 4) is 0 Å². The van der Waals surface area contributed by atoms with Crippen LogP contribution >= 0.6 is 11.6 Å². The highest BCUT2D eigenvalue weighted by molar-refractivity contribution is 6.31. The number of halogens is 4. The molecule has 72 valence electrons. The largest absolute Gasteiger partial charge is 0.433 e. The van der Waals surface area contributed by atoms with Gasteiger partial charge in [0.05, 0.1) is 10.7 Å². The van der Waals surface area contributed by atoms with E-state index in [9.17, 15) is 13.2 Å².